The molecule has 0 rings (SSSR count). The van der Waals surface area contributed by atoms with Crippen LogP contribution in [0.5, 0.6) is 0 Å². The van der Waals surface area contributed by atoms with Gasteiger partial charge in [0.1, 0.15) is 0 Å². The van der Waals surface area contributed by atoms with E-state index in [-0.39, 0.29) is 0 Å². The molecule has 0 aliphatic heterocycles. The van der Waals surface area contributed by atoms with Gasteiger partial charge in [-0.25, -0.2) is 0 Å². The smallest absolute Gasteiger partial charge is 0.360 e. The monoisotopic (exact) mass is 183 g/mol. The molecule has 0 aliphatic rings. The molecule has 0 saturated carbocycles. The molecule has 0 fully saturated rings. The normalized spacial score (nSPS) is 14.2. The van der Waals surface area contributed by atoms with Crippen molar-refractivity contribution in [1.29, 1.82) is 0 Å². The highest BCUT2D eigenvalue weighted by Gasteiger charge is 2.34. The van der Waals surface area contributed by atoms with Crippen LogP contribution in [0, 0.1) is 0 Å². The number of ether oxygens (including phenoxy) is 1. The minimum Gasteiger partial charge on any atom is -0.360 e. The minimum atomic E-state index is -4.48. The van der Waals surface area contributed by atoms with E-state index in [0.29, 0.717) is 0 Å². The lowest BCUT2D eigenvalue weighted by atomic mass is 10.6. The number of hydrogen-bond acceptors (Lipinski definition) is 3. The van der Waals surface area contributed by atoms with Crippen LogP contribution in [0.4, 0.5) is 0 Å². The highest BCUT2D eigenvalue weighted by atomic mass is 31.2. The van der Waals surface area contributed by atoms with Crippen LogP contribution < -0.4 is 5.32 Å². The maximum absolute atomic E-state index is 10.7. The van der Waals surface area contributed by atoms with E-state index < -0.39 is 19.3 Å². The molecule has 0 heterocycles. The average molecular weight is 183 g/mol. The Kier molecular flexibility index (Phi) is 3.68. The van der Waals surface area contributed by atoms with Crippen molar-refractivity contribution in [2.75, 3.05) is 14.2 Å². The first-order valence-electron chi connectivity index (χ1n) is 2.73. The van der Waals surface area contributed by atoms with E-state index in [4.69, 9.17) is 9.79 Å². The third kappa shape index (κ3) is 2.98. The standard InChI is InChI=1S/C4H10NO5P/c1-5-3(6)4(10-2)11(7,8)9/h4H,1-2H3,(H,5,6)(H2,7,8,9). The van der Waals surface area contributed by atoms with Crippen LogP contribution in [0.1, 0.15) is 0 Å². The number of nitrogens with one attached hydrogen (secondary N) is 1. The molecule has 1 unspecified atom stereocenters. The fourth-order valence-corrected chi connectivity index (χ4v) is 1.23. The number of carbonyl (C=O) groups is 1. The van der Waals surface area contributed by atoms with Gasteiger partial charge in [0, 0.05) is 14.2 Å². The Labute approximate surface area is 63.7 Å². The summed E-state index contributed by atoms with van der Waals surface area (Å²) in [6.45, 7) is 0. The van der Waals surface area contributed by atoms with Crippen LogP contribution in [0.3, 0.4) is 0 Å². The van der Waals surface area contributed by atoms with E-state index in [9.17, 15) is 9.36 Å². The van der Waals surface area contributed by atoms with Gasteiger partial charge in [-0.2, -0.15) is 0 Å². The van der Waals surface area contributed by atoms with E-state index in [1.807, 2.05) is 0 Å². The lowest BCUT2D eigenvalue weighted by molar-refractivity contribution is -0.127. The molecule has 0 aromatic carbocycles. The summed E-state index contributed by atoms with van der Waals surface area (Å²) >= 11 is 0. The number of methoxy groups -OCH3 is 1. The second-order valence-corrected chi connectivity index (χ2v) is 3.44. The Morgan fingerprint density at radius 1 is 1.64 bits per heavy atom. The lowest BCUT2D eigenvalue weighted by Gasteiger charge is -2.14. The van der Waals surface area contributed by atoms with Crippen LogP contribution in [0.15, 0.2) is 0 Å². The molecule has 1 amide bonds. The summed E-state index contributed by atoms with van der Waals surface area (Å²) in [5, 5.41) is 2.07. The summed E-state index contributed by atoms with van der Waals surface area (Å²) in [6, 6.07) is 0. The molecule has 0 aliphatic carbocycles. The van der Waals surface area contributed by atoms with Crippen LogP contribution in [0.25, 0.3) is 0 Å². The summed E-state index contributed by atoms with van der Waals surface area (Å²) in [6.07, 6.45) is 0. The molecule has 0 radical (unpaired) electrons. The first kappa shape index (κ1) is 10.6. The second-order valence-electron chi connectivity index (χ2n) is 1.79. The van der Waals surface area contributed by atoms with Crippen LogP contribution in [0.2, 0.25) is 0 Å². The summed E-state index contributed by atoms with van der Waals surface area (Å²) < 4.78 is 14.8. The molecule has 0 saturated heterocycles. The summed E-state index contributed by atoms with van der Waals surface area (Å²) in [7, 11) is -2.16. The van der Waals surface area contributed by atoms with Crippen molar-refractivity contribution in [2.24, 2.45) is 0 Å². The van der Waals surface area contributed by atoms with Gasteiger partial charge < -0.3 is 19.8 Å². The summed E-state index contributed by atoms with van der Waals surface area (Å²) in [5.41, 5.74) is 0. The molecular formula is C4H10NO5P. The molecule has 3 N–H and O–H groups in total. The van der Waals surface area contributed by atoms with Gasteiger partial charge in [0.15, 0.2) is 0 Å². The first-order chi connectivity index (χ1) is 4.93. The molecule has 1 atom stereocenters. The molecule has 6 nitrogen and oxygen atoms in total. The Morgan fingerprint density at radius 2 is 2.09 bits per heavy atom. The third-order valence-corrected chi connectivity index (χ3v) is 2.06. The van der Waals surface area contributed by atoms with E-state index in [1.54, 1.807) is 0 Å². The largest absolute Gasteiger partial charge is 0.363 e. The Balaban J connectivity index is 4.42. The number of likely N-dealkylation sites (N-methyl/N-ethyl adjacent to an activating group) is 1. The molecule has 66 valence electrons. The van der Waals surface area contributed by atoms with Crippen molar-refractivity contribution < 1.29 is 23.9 Å². The van der Waals surface area contributed by atoms with Gasteiger partial charge in [-0.1, -0.05) is 0 Å². The van der Waals surface area contributed by atoms with Crippen molar-refractivity contribution in [3.63, 3.8) is 0 Å². The average Bonchev–Trinajstić information content (AvgIpc) is 1.86. The second kappa shape index (κ2) is 3.82. The van der Waals surface area contributed by atoms with Crippen molar-refractivity contribution in [3.05, 3.63) is 0 Å². The highest BCUT2D eigenvalue weighted by Crippen LogP contribution is 2.41. The van der Waals surface area contributed by atoms with Crippen LogP contribution >= 0.6 is 7.60 Å². The molecule has 0 spiro atoms. The number of rotatable bonds is 3. The van der Waals surface area contributed by atoms with E-state index >= 15 is 0 Å². The lowest BCUT2D eigenvalue weighted by Crippen LogP contribution is -2.33. The van der Waals surface area contributed by atoms with Crippen molar-refractivity contribution in [3.8, 4) is 0 Å². The summed E-state index contributed by atoms with van der Waals surface area (Å²) in [5.74, 6) is -2.53. The number of hydrogen-bond donors (Lipinski definition) is 3. The molecule has 0 aromatic rings. The minimum absolute atomic E-state index is 0.833. The third-order valence-electron chi connectivity index (χ3n) is 0.999. The van der Waals surface area contributed by atoms with Gasteiger partial charge in [-0.05, 0) is 0 Å². The predicted molar refractivity (Wildman–Crippen MR) is 36.9 cm³/mol. The van der Waals surface area contributed by atoms with Crippen molar-refractivity contribution in [1.82, 2.24) is 5.32 Å². The van der Waals surface area contributed by atoms with Gasteiger partial charge in [0.25, 0.3) is 5.91 Å². The maximum Gasteiger partial charge on any atom is 0.363 e. The van der Waals surface area contributed by atoms with Crippen molar-refractivity contribution in [2.45, 2.75) is 5.85 Å². The maximum atomic E-state index is 10.7. The zero-order valence-electron chi connectivity index (χ0n) is 6.14. The predicted octanol–water partition coefficient (Wildman–Crippen LogP) is -1.12. The zero-order valence-corrected chi connectivity index (χ0v) is 7.04. The molecule has 0 bridgehead atoms. The number of amides is 1. The Bertz CT molecular complexity index is 187. The van der Waals surface area contributed by atoms with Gasteiger partial charge >= 0.3 is 7.60 Å². The highest BCUT2D eigenvalue weighted by molar-refractivity contribution is 7.53. The van der Waals surface area contributed by atoms with Crippen LogP contribution in [-0.2, 0) is 14.1 Å². The quantitative estimate of drug-likeness (QED) is 0.482. The van der Waals surface area contributed by atoms with Gasteiger partial charge in [-0.3, -0.25) is 9.36 Å². The van der Waals surface area contributed by atoms with Gasteiger partial charge in [0.05, 0.1) is 0 Å². The fraction of sp³-hybridized carbons (Fsp3) is 0.750. The number of carbonyl (C=O) groups excluding carboxylic acids is 1. The Morgan fingerprint density at radius 3 is 2.18 bits per heavy atom. The Hall–Kier alpha value is -0.420. The molecule has 7 heteroatoms. The van der Waals surface area contributed by atoms with E-state index in [1.165, 1.54) is 7.05 Å². The fourth-order valence-electron chi connectivity index (χ4n) is 0.521. The SMILES string of the molecule is CNC(=O)C(OC)P(=O)(O)O. The van der Waals surface area contributed by atoms with Gasteiger partial charge in [-0.15, -0.1) is 0 Å². The first-order valence-corrected chi connectivity index (χ1v) is 4.41. The van der Waals surface area contributed by atoms with E-state index in [2.05, 4.69) is 10.1 Å². The topological polar surface area (TPSA) is 95.9 Å². The summed E-state index contributed by atoms with van der Waals surface area (Å²) in [4.78, 5) is 27.7. The zero-order chi connectivity index (χ0) is 9.07. The molecule has 0 aromatic heterocycles. The van der Waals surface area contributed by atoms with Crippen molar-refractivity contribution >= 4 is 13.5 Å². The molecule has 11 heavy (non-hydrogen) atoms. The van der Waals surface area contributed by atoms with E-state index in [0.717, 1.165) is 7.11 Å². The van der Waals surface area contributed by atoms with Gasteiger partial charge in [0.2, 0.25) is 5.85 Å². The van der Waals surface area contributed by atoms with Crippen LogP contribution in [-0.4, -0.2) is 35.7 Å². The molecular weight excluding hydrogens is 173 g/mol.